The Bertz CT molecular complexity index is 870. The first-order valence-electron chi connectivity index (χ1n) is 11.9. The summed E-state index contributed by atoms with van der Waals surface area (Å²) >= 11 is 0. The van der Waals surface area contributed by atoms with Crippen LogP contribution < -0.4 is 10.1 Å². The number of carbonyl (C=O) groups is 3. The molecule has 0 radical (unpaired) electrons. The Balaban J connectivity index is 1.94. The minimum Gasteiger partial charge on any atom is -0.491 e. The van der Waals surface area contributed by atoms with Crippen LogP contribution in [-0.2, 0) is 14.3 Å². The van der Waals surface area contributed by atoms with Crippen LogP contribution in [0.15, 0.2) is 18.2 Å². The predicted molar refractivity (Wildman–Crippen MR) is 126 cm³/mol. The monoisotopic (exact) mass is 459 g/mol. The summed E-state index contributed by atoms with van der Waals surface area (Å²) in [4.78, 5) is 41.9. The van der Waals surface area contributed by atoms with Gasteiger partial charge in [0.25, 0.3) is 5.91 Å². The highest BCUT2D eigenvalue weighted by Gasteiger charge is 2.35. The molecule has 3 amide bonds. The number of likely N-dealkylation sites (N-methyl/N-ethyl adjacent to an activating group) is 1. The van der Waals surface area contributed by atoms with Gasteiger partial charge >= 0.3 is 0 Å². The fourth-order valence-corrected chi connectivity index (χ4v) is 4.30. The quantitative estimate of drug-likeness (QED) is 0.747. The van der Waals surface area contributed by atoms with Crippen molar-refractivity contribution >= 4 is 23.4 Å². The third-order valence-electron chi connectivity index (χ3n) is 6.79. The molecule has 1 fully saturated rings. The van der Waals surface area contributed by atoms with E-state index in [2.05, 4.69) is 12.2 Å². The van der Waals surface area contributed by atoms with Crippen LogP contribution in [0.3, 0.4) is 0 Å². The summed E-state index contributed by atoms with van der Waals surface area (Å²) in [7, 11) is 3.38. The lowest BCUT2D eigenvalue weighted by Crippen LogP contribution is -2.51. The van der Waals surface area contributed by atoms with Crippen LogP contribution in [0.4, 0.5) is 5.69 Å². The van der Waals surface area contributed by atoms with Crippen molar-refractivity contribution in [2.24, 2.45) is 11.8 Å². The second-order valence-corrected chi connectivity index (χ2v) is 9.33. The third kappa shape index (κ3) is 5.85. The van der Waals surface area contributed by atoms with Crippen molar-refractivity contribution in [1.29, 1.82) is 0 Å². The van der Waals surface area contributed by atoms with Crippen molar-refractivity contribution in [2.75, 3.05) is 39.2 Å². The molecule has 0 spiro atoms. The van der Waals surface area contributed by atoms with Crippen molar-refractivity contribution in [1.82, 2.24) is 9.80 Å². The summed E-state index contributed by atoms with van der Waals surface area (Å²) in [5.74, 6) is 0.400. The summed E-state index contributed by atoms with van der Waals surface area (Å²) in [5, 5.41) is 2.82. The number of hydrogen-bond donors (Lipinski definition) is 1. The van der Waals surface area contributed by atoms with Crippen molar-refractivity contribution in [3.05, 3.63) is 23.8 Å². The smallest absolute Gasteiger partial charge is 0.257 e. The molecular weight excluding hydrogens is 422 g/mol. The summed E-state index contributed by atoms with van der Waals surface area (Å²) in [6.07, 6.45) is 3.11. The van der Waals surface area contributed by atoms with Gasteiger partial charge in [0, 0.05) is 57.3 Å². The third-order valence-corrected chi connectivity index (χ3v) is 6.79. The van der Waals surface area contributed by atoms with E-state index in [4.69, 9.17) is 9.47 Å². The van der Waals surface area contributed by atoms with E-state index in [1.165, 1.54) is 0 Å². The number of hydrogen-bond acceptors (Lipinski definition) is 5. The molecule has 0 saturated heterocycles. The molecule has 3 rings (SSSR count). The molecule has 0 aromatic heterocycles. The largest absolute Gasteiger partial charge is 0.491 e. The van der Waals surface area contributed by atoms with Crippen molar-refractivity contribution in [3.8, 4) is 5.75 Å². The minimum atomic E-state index is -0.213. The predicted octanol–water partition coefficient (Wildman–Crippen LogP) is 3.17. The molecule has 0 bridgehead atoms. The van der Waals surface area contributed by atoms with Gasteiger partial charge in [-0.15, -0.1) is 0 Å². The van der Waals surface area contributed by atoms with Crippen LogP contribution in [0.2, 0.25) is 0 Å². The SMILES string of the molecule is CCC(=O)Nc1ccc2c(c1)OC[C@@H](C)N(C(=O)C1CCC1)C[C@H](C)[C@H](OC)CN(C)C2=O. The number of anilines is 1. The van der Waals surface area contributed by atoms with Gasteiger partial charge in [-0.1, -0.05) is 20.3 Å². The van der Waals surface area contributed by atoms with Gasteiger partial charge in [-0.3, -0.25) is 14.4 Å². The summed E-state index contributed by atoms with van der Waals surface area (Å²) < 4.78 is 11.9. The molecule has 1 aliphatic carbocycles. The fourth-order valence-electron chi connectivity index (χ4n) is 4.30. The van der Waals surface area contributed by atoms with Gasteiger partial charge in [0.1, 0.15) is 12.4 Å². The summed E-state index contributed by atoms with van der Waals surface area (Å²) in [5.41, 5.74) is 0.987. The standard InChI is InChI=1S/C25H37N3O5/c1-6-23(29)26-19-10-11-20-21(12-19)33-15-17(3)28(24(30)18-8-7-9-18)13-16(2)22(32-5)14-27(4)25(20)31/h10-12,16-18,22H,6-9,13-15H2,1-5H3,(H,26,29)/t16-,17+,22+/m0/s1. The molecule has 3 atom stereocenters. The summed E-state index contributed by atoms with van der Waals surface area (Å²) in [6.45, 7) is 7.00. The fraction of sp³-hybridized carbons (Fsp3) is 0.640. The number of carbonyl (C=O) groups excluding carboxylic acids is 3. The first-order valence-corrected chi connectivity index (χ1v) is 11.9. The molecule has 1 heterocycles. The van der Waals surface area contributed by atoms with Crippen molar-refractivity contribution < 1.29 is 23.9 Å². The highest BCUT2D eigenvalue weighted by Crippen LogP contribution is 2.31. The molecule has 33 heavy (non-hydrogen) atoms. The average Bonchev–Trinajstić information content (AvgIpc) is 2.76. The lowest BCUT2D eigenvalue weighted by molar-refractivity contribution is -0.142. The number of amides is 3. The Hall–Kier alpha value is -2.61. The molecule has 1 aromatic carbocycles. The number of benzene rings is 1. The maximum Gasteiger partial charge on any atom is 0.257 e. The van der Waals surface area contributed by atoms with E-state index in [1.54, 1.807) is 44.2 Å². The molecule has 1 N–H and O–H groups in total. The zero-order valence-electron chi connectivity index (χ0n) is 20.4. The van der Waals surface area contributed by atoms with E-state index < -0.39 is 0 Å². The molecule has 2 aliphatic rings. The van der Waals surface area contributed by atoms with Gasteiger partial charge < -0.3 is 24.6 Å². The number of ether oxygens (including phenoxy) is 2. The Labute approximate surface area is 196 Å². The van der Waals surface area contributed by atoms with Crippen LogP contribution in [0.5, 0.6) is 5.75 Å². The van der Waals surface area contributed by atoms with Crippen molar-refractivity contribution in [2.45, 2.75) is 58.6 Å². The average molecular weight is 460 g/mol. The van der Waals surface area contributed by atoms with Crippen LogP contribution in [-0.4, -0.2) is 73.5 Å². The molecule has 1 saturated carbocycles. The number of methoxy groups -OCH3 is 1. The van der Waals surface area contributed by atoms with Gasteiger partial charge in [-0.05, 0) is 31.9 Å². The highest BCUT2D eigenvalue weighted by molar-refractivity contribution is 5.98. The molecular formula is C25H37N3O5. The minimum absolute atomic E-state index is 0.0438. The lowest BCUT2D eigenvalue weighted by atomic mass is 9.83. The van der Waals surface area contributed by atoms with Crippen LogP contribution in [0, 0.1) is 11.8 Å². The van der Waals surface area contributed by atoms with E-state index in [0.29, 0.717) is 36.5 Å². The van der Waals surface area contributed by atoms with Gasteiger partial charge in [-0.25, -0.2) is 0 Å². The second-order valence-electron chi connectivity index (χ2n) is 9.33. The van der Waals surface area contributed by atoms with Gasteiger partial charge in [0.05, 0.1) is 17.7 Å². The molecule has 182 valence electrons. The maximum atomic E-state index is 13.2. The topological polar surface area (TPSA) is 88.2 Å². The summed E-state index contributed by atoms with van der Waals surface area (Å²) in [6, 6.07) is 4.90. The van der Waals surface area contributed by atoms with Gasteiger partial charge in [0.15, 0.2) is 0 Å². The van der Waals surface area contributed by atoms with E-state index in [9.17, 15) is 14.4 Å². The van der Waals surface area contributed by atoms with Crippen LogP contribution in [0.1, 0.15) is 56.8 Å². The van der Waals surface area contributed by atoms with E-state index in [1.807, 2.05) is 11.8 Å². The normalized spacial score (nSPS) is 24.6. The number of nitrogens with zero attached hydrogens (tertiary/aromatic N) is 2. The van der Waals surface area contributed by atoms with Gasteiger partial charge in [0.2, 0.25) is 11.8 Å². The zero-order chi connectivity index (χ0) is 24.1. The number of rotatable bonds is 4. The molecule has 1 aliphatic heterocycles. The Morgan fingerprint density at radius 3 is 2.55 bits per heavy atom. The van der Waals surface area contributed by atoms with E-state index >= 15 is 0 Å². The van der Waals surface area contributed by atoms with E-state index in [0.717, 1.165) is 19.3 Å². The first-order chi connectivity index (χ1) is 15.7. The number of nitrogens with one attached hydrogen (secondary N) is 1. The highest BCUT2D eigenvalue weighted by atomic mass is 16.5. The van der Waals surface area contributed by atoms with Crippen LogP contribution >= 0.6 is 0 Å². The molecule has 1 aromatic rings. The Morgan fingerprint density at radius 1 is 1.21 bits per heavy atom. The van der Waals surface area contributed by atoms with Crippen LogP contribution in [0.25, 0.3) is 0 Å². The van der Waals surface area contributed by atoms with Gasteiger partial charge in [-0.2, -0.15) is 0 Å². The number of fused-ring (bicyclic) bond motifs is 1. The molecule has 0 unspecified atom stereocenters. The van der Waals surface area contributed by atoms with E-state index in [-0.39, 0.29) is 48.3 Å². The second kappa shape index (κ2) is 11.0. The maximum absolute atomic E-state index is 13.2. The Kier molecular flexibility index (Phi) is 8.35. The molecule has 8 nitrogen and oxygen atoms in total. The van der Waals surface area contributed by atoms with Crippen molar-refractivity contribution in [3.63, 3.8) is 0 Å². The lowest BCUT2D eigenvalue weighted by Gasteiger charge is -2.39. The molecule has 8 heteroatoms. The zero-order valence-corrected chi connectivity index (χ0v) is 20.4. The first kappa shape index (κ1) is 25.0. The Morgan fingerprint density at radius 2 is 1.94 bits per heavy atom.